The number of hydrogen-bond donors (Lipinski definition) is 2. The number of nitrogens with zero attached hydrogens (tertiary/aromatic N) is 6. The lowest BCUT2D eigenvalue weighted by atomic mass is 10.1. The van der Waals surface area contributed by atoms with Gasteiger partial charge in [0.15, 0.2) is 17.3 Å². The summed E-state index contributed by atoms with van der Waals surface area (Å²) >= 11 is 0. The lowest BCUT2D eigenvalue weighted by Gasteiger charge is -2.26. The van der Waals surface area contributed by atoms with Crippen LogP contribution in [0.25, 0.3) is 11.5 Å². The molecule has 12 heteroatoms. The van der Waals surface area contributed by atoms with Crippen LogP contribution in [0, 0.1) is 11.7 Å². The zero-order valence-electron chi connectivity index (χ0n) is 25.1. The Labute approximate surface area is 268 Å². The zero-order chi connectivity index (χ0) is 32.3. The Kier molecular flexibility index (Phi) is 8.13. The van der Waals surface area contributed by atoms with Gasteiger partial charge in [-0.05, 0) is 41.8 Å². The lowest BCUT2D eigenvalue weighted by Crippen LogP contribution is -2.27. The van der Waals surface area contributed by atoms with E-state index in [1.54, 1.807) is 22.7 Å². The maximum atomic E-state index is 14.6. The Hall–Kier alpha value is -5.91. The van der Waals surface area contributed by atoms with Crippen LogP contribution in [0.2, 0.25) is 0 Å². The van der Waals surface area contributed by atoms with Gasteiger partial charge < -0.3 is 15.5 Å². The minimum absolute atomic E-state index is 0.117. The standard InChI is InChI=1S/C35H30F2N8O2/c36-27-13-7-15-38-33(27)44-16-8-14-29(35(44)47)41-30-18-31(43(21-23-9-3-1-4-10-23)22-24-11-5-2-6-12-24)45-32(42-30)26(20-40-45)34(46)39-19-25-17-28(25)37/h1-16,18,20,25,28H,17,19,21-22H2,(H,39,46)(H,41,42)/t25-,28-/m0/s1. The third kappa shape index (κ3) is 6.43. The van der Waals surface area contributed by atoms with Gasteiger partial charge in [0.25, 0.3) is 11.5 Å². The van der Waals surface area contributed by atoms with E-state index in [0.717, 1.165) is 15.7 Å². The summed E-state index contributed by atoms with van der Waals surface area (Å²) in [5, 5.41) is 10.5. The van der Waals surface area contributed by atoms with Crippen molar-refractivity contribution in [1.29, 1.82) is 0 Å². The predicted octanol–water partition coefficient (Wildman–Crippen LogP) is 5.45. The number of aromatic nitrogens is 5. The third-order valence-electron chi connectivity index (χ3n) is 7.99. The summed E-state index contributed by atoms with van der Waals surface area (Å²) in [5.74, 6) is -0.551. The van der Waals surface area contributed by atoms with E-state index in [4.69, 9.17) is 4.98 Å². The van der Waals surface area contributed by atoms with Crippen LogP contribution in [0.1, 0.15) is 27.9 Å². The summed E-state index contributed by atoms with van der Waals surface area (Å²) in [5.41, 5.74) is 2.10. The fourth-order valence-electron chi connectivity index (χ4n) is 5.41. The first kappa shape index (κ1) is 29.8. The smallest absolute Gasteiger partial charge is 0.280 e. The highest BCUT2D eigenvalue weighted by atomic mass is 19.1. The quantitative estimate of drug-likeness (QED) is 0.196. The fourth-order valence-corrected chi connectivity index (χ4v) is 5.41. The van der Waals surface area contributed by atoms with E-state index >= 15 is 0 Å². The first-order valence-corrected chi connectivity index (χ1v) is 15.2. The van der Waals surface area contributed by atoms with E-state index in [9.17, 15) is 18.4 Å². The molecular weight excluding hydrogens is 602 g/mol. The van der Waals surface area contributed by atoms with Gasteiger partial charge in [0, 0.05) is 44.0 Å². The molecular formula is C35H30F2N8O2. The molecule has 0 unspecified atom stereocenters. The second-order valence-corrected chi connectivity index (χ2v) is 11.4. The van der Waals surface area contributed by atoms with Gasteiger partial charge >= 0.3 is 0 Å². The van der Waals surface area contributed by atoms with Crippen molar-refractivity contribution in [2.75, 3.05) is 16.8 Å². The molecule has 47 heavy (non-hydrogen) atoms. The molecule has 1 saturated carbocycles. The molecule has 2 N–H and O–H groups in total. The van der Waals surface area contributed by atoms with Gasteiger partial charge in [0.1, 0.15) is 29.1 Å². The second-order valence-electron chi connectivity index (χ2n) is 11.4. The van der Waals surface area contributed by atoms with Gasteiger partial charge in [-0.25, -0.2) is 18.7 Å². The summed E-state index contributed by atoms with van der Waals surface area (Å²) in [6, 6.07) is 27.5. The number of pyridine rings is 2. The molecule has 7 rings (SSSR count). The fraction of sp³-hybridized carbons (Fsp3) is 0.171. The van der Waals surface area contributed by atoms with E-state index in [1.807, 2.05) is 60.7 Å². The molecule has 1 fully saturated rings. The first-order chi connectivity index (χ1) is 22.9. The highest BCUT2D eigenvalue weighted by molar-refractivity contribution is 6.00. The molecule has 0 bridgehead atoms. The van der Waals surface area contributed by atoms with Crippen LogP contribution in [0.4, 0.5) is 26.1 Å². The topological polar surface area (TPSA) is 109 Å². The number of alkyl halides is 1. The predicted molar refractivity (Wildman–Crippen MR) is 174 cm³/mol. The molecule has 1 aliphatic rings. The normalized spacial score (nSPS) is 15.4. The number of benzene rings is 2. The van der Waals surface area contributed by atoms with Gasteiger partial charge in [-0.2, -0.15) is 9.61 Å². The van der Waals surface area contributed by atoms with Crippen LogP contribution in [0.5, 0.6) is 0 Å². The Morgan fingerprint density at radius 2 is 1.66 bits per heavy atom. The average Bonchev–Trinajstić information content (AvgIpc) is 3.63. The van der Waals surface area contributed by atoms with Crippen molar-refractivity contribution in [3.8, 4) is 5.82 Å². The van der Waals surface area contributed by atoms with Gasteiger partial charge in [-0.3, -0.25) is 14.2 Å². The van der Waals surface area contributed by atoms with Crippen molar-refractivity contribution in [2.45, 2.75) is 25.7 Å². The van der Waals surface area contributed by atoms with E-state index in [-0.39, 0.29) is 41.0 Å². The number of carbonyl (C=O) groups excluding carboxylic acids is 1. The molecule has 2 aromatic carbocycles. The number of fused-ring (bicyclic) bond motifs is 1. The van der Waals surface area contributed by atoms with Crippen LogP contribution in [0.15, 0.2) is 114 Å². The largest absolute Gasteiger partial charge is 0.351 e. The number of halogens is 2. The van der Waals surface area contributed by atoms with E-state index < -0.39 is 23.5 Å². The van der Waals surface area contributed by atoms with Crippen LogP contribution in [0.3, 0.4) is 0 Å². The number of amides is 1. The van der Waals surface area contributed by atoms with Crippen LogP contribution >= 0.6 is 0 Å². The Morgan fingerprint density at radius 1 is 0.957 bits per heavy atom. The van der Waals surface area contributed by atoms with Crippen molar-refractivity contribution >= 4 is 28.9 Å². The summed E-state index contributed by atoms with van der Waals surface area (Å²) < 4.78 is 30.8. The van der Waals surface area contributed by atoms with E-state index in [1.165, 1.54) is 30.7 Å². The number of rotatable bonds is 11. The second kappa shape index (κ2) is 12.8. The van der Waals surface area contributed by atoms with Crippen LogP contribution in [-0.4, -0.2) is 42.8 Å². The maximum Gasteiger partial charge on any atom is 0.280 e. The van der Waals surface area contributed by atoms with Crippen molar-refractivity contribution in [2.24, 2.45) is 5.92 Å². The van der Waals surface area contributed by atoms with Gasteiger partial charge in [0.2, 0.25) is 0 Å². The molecule has 10 nitrogen and oxygen atoms in total. The van der Waals surface area contributed by atoms with Crippen molar-refractivity contribution in [1.82, 2.24) is 29.5 Å². The highest BCUT2D eigenvalue weighted by Gasteiger charge is 2.37. The minimum Gasteiger partial charge on any atom is -0.351 e. The lowest BCUT2D eigenvalue weighted by molar-refractivity contribution is 0.0952. The average molecular weight is 633 g/mol. The summed E-state index contributed by atoms with van der Waals surface area (Å²) in [6.45, 7) is 1.20. The van der Waals surface area contributed by atoms with Crippen molar-refractivity contribution < 1.29 is 13.6 Å². The molecule has 4 heterocycles. The molecule has 4 aromatic heterocycles. The van der Waals surface area contributed by atoms with Gasteiger partial charge in [-0.15, -0.1) is 0 Å². The Balaban J connectivity index is 1.33. The zero-order valence-corrected chi connectivity index (χ0v) is 25.1. The van der Waals surface area contributed by atoms with Crippen molar-refractivity contribution in [3.63, 3.8) is 0 Å². The van der Waals surface area contributed by atoms with Crippen molar-refractivity contribution in [3.05, 3.63) is 142 Å². The number of carbonyl (C=O) groups is 1. The molecule has 0 spiro atoms. The van der Waals surface area contributed by atoms with E-state index in [2.05, 4.69) is 25.6 Å². The SMILES string of the molecule is O=C(NC[C@@H]1C[C@@H]1F)c1cnn2c(N(Cc3ccccc3)Cc3ccccc3)cc(Nc3cccn(-c4ncccc4F)c3=O)nc12. The molecule has 0 radical (unpaired) electrons. The molecule has 1 aliphatic carbocycles. The molecule has 0 aliphatic heterocycles. The number of hydrogen-bond acceptors (Lipinski definition) is 7. The Bertz CT molecular complexity index is 2060. The maximum absolute atomic E-state index is 14.6. The summed E-state index contributed by atoms with van der Waals surface area (Å²) in [6.07, 6.45) is 3.80. The Morgan fingerprint density at radius 3 is 2.32 bits per heavy atom. The number of nitrogens with one attached hydrogen (secondary N) is 2. The molecule has 0 saturated heterocycles. The molecule has 1 amide bonds. The third-order valence-corrected chi connectivity index (χ3v) is 7.99. The molecule has 6 aromatic rings. The van der Waals surface area contributed by atoms with Gasteiger partial charge in [0.05, 0.1) is 6.20 Å². The first-order valence-electron chi connectivity index (χ1n) is 15.2. The van der Waals surface area contributed by atoms with Gasteiger partial charge in [-0.1, -0.05) is 60.7 Å². The summed E-state index contributed by atoms with van der Waals surface area (Å²) in [7, 11) is 0. The summed E-state index contributed by atoms with van der Waals surface area (Å²) in [4.78, 5) is 37.7. The molecule has 2 atom stereocenters. The van der Waals surface area contributed by atoms with Crippen LogP contribution < -0.4 is 21.1 Å². The van der Waals surface area contributed by atoms with E-state index in [0.29, 0.717) is 25.3 Å². The highest BCUT2D eigenvalue weighted by Crippen LogP contribution is 2.33. The number of anilines is 3. The monoisotopic (exact) mass is 632 g/mol. The minimum atomic E-state index is -0.904. The van der Waals surface area contributed by atoms with Crippen LogP contribution in [-0.2, 0) is 13.1 Å². The molecule has 236 valence electrons.